The van der Waals surface area contributed by atoms with Crippen molar-refractivity contribution in [1.29, 1.82) is 0 Å². The molecule has 0 aliphatic rings. The molecule has 2 aromatic carbocycles. The van der Waals surface area contributed by atoms with Gasteiger partial charge < -0.3 is 9.84 Å². The first-order chi connectivity index (χ1) is 15.2. The summed E-state index contributed by atoms with van der Waals surface area (Å²) in [5.74, 6) is 0.124. The van der Waals surface area contributed by atoms with Gasteiger partial charge in [-0.3, -0.25) is 0 Å². The van der Waals surface area contributed by atoms with Crippen molar-refractivity contribution in [2.24, 2.45) is 0 Å². The predicted molar refractivity (Wildman–Crippen MR) is 131 cm³/mol. The summed E-state index contributed by atoms with van der Waals surface area (Å²) in [6.07, 6.45) is 0.739. The highest BCUT2D eigenvalue weighted by atomic mass is 32.2. The first kappa shape index (κ1) is 24.6. The third-order valence-electron chi connectivity index (χ3n) is 4.95. The van der Waals surface area contributed by atoms with Crippen LogP contribution >= 0.6 is 23.1 Å². The number of benzene rings is 2. The van der Waals surface area contributed by atoms with Gasteiger partial charge in [-0.2, -0.15) is 4.31 Å². The molecule has 0 amide bonds. The molecular formula is C23H27NO5S3. The molecule has 0 unspecified atom stereocenters. The minimum atomic E-state index is -3.58. The molecule has 6 nitrogen and oxygen atoms in total. The molecule has 0 fully saturated rings. The Morgan fingerprint density at radius 3 is 2.56 bits per heavy atom. The lowest BCUT2D eigenvalue weighted by Crippen LogP contribution is -2.33. The highest BCUT2D eigenvalue weighted by molar-refractivity contribution is 7.99. The van der Waals surface area contributed by atoms with Crippen LogP contribution in [0.3, 0.4) is 0 Å². The molecule has 1 heterocycles. The molecule has 0 aliphatic carbocycles. The van der Waals surface area contributed by atoms with Crippen molar-refractivity contribution in [2.75, 3.05) is 25.4 Å². The van der Waals surface area contributed by atoms with Crippen molar-refractivity contribution in [3.8, 4) is 5.75 Å². The van der Waals surface area contributed by atoms with Crippen LogP contribution in [0.25, 0.3) is 10.1 Å². The molecule has 172 valence electrons. The van der Waals surface area contributed by atoms with E-state index in [-0.39, 0.29) is 6.61 Å². The minimum Gasteiger partial charge on any atom is -0.482 e. The lowest BCUT2D eigenvalue weighted by Gasteiger charge is -2.21. The van der Waals surface area contributed by atoms with Crippen molar-refractivity contribution < 1.29 is 23.1 Å². The number of carboxylic acids is 1. The lowest BCUT2D eigenvalue weighted by molar-refractivity contribution is -0.139. The van der Waals surface area contributed by atoms with Gasteiger partial charge in [0.05, 0.1) is 0 Å². The zero-order valence-electron chi connectivity index (χ0n) is 18.3. The van der Waals surface area contributed by atoms with Crippen LogP contribution < -0.4 is 4.74 Å². The van der Waals surface area contributed by atoms with Crippen LogP contribution in [0.15, 0.2) is 51.6 Å². The number of carboxylic acid groups (broad SMARTS) is 1. The van der Waals surface area contributed by atoms with Gasteiger partial charge in [-0.05, 0) is 61.0 Å². The van der Waals surface area contributed by atoms with E-state index in [0.29, 0.717) is 28.8 Å². The van der Waals surface area contributed by atoms with Gasteiger partial charge >= 0.3 is 5.97 Å². The monoisotopic (exact) mass is 493 g/mol. The summed E-state index contributed by atoms with van der Waals surface area (Å²) in [5, 5.41) is 9.74. The van der Waals surface area contributed by atoms with Gasteiger partial charge in [0.2, 0.25) is 0 Å². The van der Waals surface area contributed by atoms with Crippen LogP contribution in [0.5, 0.6) is 5.75 Å². The van der Waals surface area contributed by atoms with E-state index in [0.717, 1.165) is 32.5 Å². The van der Waals surface area contributed by atoms with Crippen LogP contribution in [0.2, 0.25) is 0 Å². The number of thiophene rings is 1. The molecule has 0 bridgehead atoms. The number of thioether (sulfide) groups is 1. The normalized spacial score (nSPS) is 11.9. The van der Waals surface area contributed by atoms with Crippen LogP contribution in [-0.4, -0.2) is 49.2 Å². The number of hydrogen-bond donors (Lipinski definition) is 1. The summed E-state index contributed by atoms with van der Waals surface area (Å²) in [7, 11) is -3.58. The van der Waals surface area contributed by atoms with E-state index in [9.17, 15) is 13.2 Å². The maximum atomic E-state index is 13.4. The van der Waals surface area contributed by atoms with Gasteiger partial charge in [-0.25, -0.2) is 13.2 Å². The highest BCUT2D eigenvalue weighted by Crippen LogP contribution is 2.36. The SMILES string of the molecule is CCCN(CCSc1ccc(OCC(=O)O)c(C)c1)S(=O)(=O)c1sc2ccccc2c1C. The van der Waals surface area contributed by atoms with Crippen LogP contribution in [-0.2, 0) is 14.8 Å². The van der Waals surface area contributed by atoms with Gasteiger partial charge in [-0.1, -0.05) is 25.1 Å². The quantitative estimate of drug-likeness (QED) is 0.371. The summed E-state index contributed by atoms with van der Waals surface area (Å²) in [5.41, 5.74) is 1.65. The Kier molecular flexibility index (Phi) is 8.21. The third kappa shape index (κ3) is 5.64. The molecule has 9 heteroatoms. The molecule has 0 saturated carbocycles. The zero-order valence-corrected chi connectivity index (χ0v) is 20.8. The van der Waals surface area contributed by atoms with Crippen molar-refractivity contribution >= 4 is 49.2 Å². The lowest BCUT2D eigenvalue weighted by atomic mass is 10.2. The number of fused-ring (bicyclic) bond motifs is 1. The maximum absolute atomic E-state index is 13.4. The molecule has 1 aromatic heterocycles. The summed E-state index contributed by atoms with van der Waals surface area (Å²) >= 11 is 2.90. The van der Waals surface area contributed by atoms with Crippen molar-refractivity contribution in [1.82, 2.24) is 4.31 Å². The standard InChI is InChI=1S/C23H27NO5S3/c1-4-11-24(32(27,28)23-17(3)19-7-5-6-8-21(19)31-23)12-13-30-18-9-10-20(16(2)14-18)29-15-22(25)26/h5-10,14H,4,11-13,15H2,1-3H3,(H,25,26). The maximum Gasteiger partial charge on any atom is 0.341 e. The van der Waals surface area contributed by atoms with E-state index < -0.39 is 16.0 Å². The average molecular weight is 494 g/mol. The number of nitrogens with zero attached hydrogens (tertiary/aromatic N) is 1. The average Bonchev–Trinajstić information content (AvgIpc) is 3.10. The first-order valence-corrected chi connectivity index (χ1v) is 13.5. The number of rotatable bonds is 11. The second-order valence-corrected chi connectivity index (χ2v) is 11.7. The fourth-order valence-electron chi connectivity index (χ4n) is 3.40. The molecule has 0 saturated heterocycles. The van der Waals surface area contributed by atoms with E-state index in [1.807, 2.05) is 57.2 Å². The number of carbonyl (C=O) groups is 1. The summed E-state index contributed by atoms with van der Waals surface area (Å²) in [6.45, 7) is 6.21. The number of aliphatic carboxylic acids is 1. The predicted octanol–water partition coefficient (Wildman–Crippen LogP) is 5.17. The van der Waals surface area contributed by atoms with Gasteiger partial charge in [-0.15, -0.1) is 23.1 Å². The molecule has 0 atom stereocenters. The minimum absolute atomic E-state index is 0.381. The first-order valence-electron chi connectivity index (χ1n) is 10.3. The zero-order chi connectivity index (χ0) is 23.3. The van der Waals surface area contributed by atoms with Gasteiger partial charge in [0.25, 0.3) is 10.0 Å². The second-order valence-electron chi connectivity index (χ2n) is 7.37. The van der Waals surface area contributed by atoms with Gasteiger partial charge in [0, 0.05) is 28.4 Å². The Morgan fingerprint density at radius 2 is 1.91 bits per heavy atom. The smallest absolute Gasteiger partial charge is 0.341 e. The van der Waals surface area contributed by atoms with Gasteiger partial charge in [0.15, 0.2) is 6.61 Å². The van der Waals surface area contributed by atoms with Crippen LogP contribution in [0.4, 0.5) is 0 Å². The Bertz CT molecular complexity index is 1200. The fraction of sp³-hybridized carbons (Fsp3) is 0.348. The number of aryl methyl sites for hydroxylation is 2. The molecule has 0 radical (unpaired) electrons. The largest absolute Gasteiger partial charge is 0.482 e. The van der Waals surface area contributed by atoms with Crippen molar-refractivity contribution in [2.45, 2.75) is 36.3 Å². The Balaban J connectivity index is 1.70. The number of ether oxygens (including phenoxy) is 1. The molecule has 0 spiro atoms. The summed E-state index contributed by atoms with van der Waals surface area (Å²) < 4.78 is 35.1. The number of sulfonamides is 1. The highest BCUT2D eigenvalue weighted by Gasteiger charge is 2.28. The van der Waals surface area contributed by atoms with E-state index in [1.54, 1.807) is 22.1 Å². The van der Waals surface area contributed by atoms with E-state index in [2.05, 4.69) is 0 Å². The molecule has 1 N–H and O–H groups in total. The Labute approximate surface area is 197 Å². The fourth-order valence-corrected chi connectivity index (χ4v) is 7.92. The topological polar surface area (TPSA) is 83.9 Å². The van der Waals surface area contributed by atoms with E-state index >= 15 is 0 Å². The molecule has 3 aromatic rings. The van der Waals surface area contributed by atoms with Crippen molar-refractivity contribution in [3.63, 3.8) is 0 Å². The molecular weight excluding hydrogens is 466 g/mol. The van der Waals surface area contributed by atoms with Gasteiger partial charge in [0.1, 0.15) is 9.96 Å². The van der Waals surface area contributed by atoms with E-state index in [1.165, 1.54) is 11.3 Å². The van der Waals surface area contributed by atoms with Crippen LogP contribution in [0.1, 0.15) is 24.5 Å². The Morgan fingerprint density at radius 1 is 1.16 bits per heavy atom. The Hall–Kier alpha value is -2.07. The van der Waals surface area contributed by atoms with Crippen molar-refractivity contribution in [3.05, 3.63) is 53.6 Å². The molecule has 3 rings (SSSR count). The summed E-state index contributed by atoms with van der Waals surface area (Å²) in [6, 6.07) is 13.3. The second kappa shape index (κ2) is 10.7. The summed E-state index contributed by atoms with van der Waals surface area (Å²) in [4.78, 5) is 11.7. The third-order valence-corrected chi connectivity index (χ3v) is 9.70. The van der Waals surface area contributed by atoms with Crippen LogP contribution in [0, 0.1) is 13.8 Å². The molecule has 32 heavy (non-hydrogen) atoms. The number of hydrogen-bond acceptors (Lipinski definition) is 6. The molecule has 0 aliphatic heterocycles. The van der Waals surface area contributed by atoms with E-state index in [4.69, 9.17) is 9.84 Å².